The number of halogens is 1. The number of phenolic OH excluding ortho intramolecular Hbond substituents is 1. The van der Waals surface area contributed by atoms with Crippen molar-refractivity contribution in [3.63, 3.8) is 0 Å². The van der Waals surface area contributed by atoms with Crippen molar-refractivity contribution in [2.75, 3.05) is 32.7 Å². The molecular formula is C26H26IN3O5S. The summed E-state index contributed by atoms with van der Waals surface area (Å²) < 4.78 is 13.2. The number of thiazole rings is 1. The summed E-state index contributed by atoms with van der Waals surface area (Å²) in [5, 5.41) is 10.2. The van der Waals surface area contributed by atoms with Crippen LogP contribution in [0.15, 0.2) is 57.5 Å². The molecule has 1 N–H and O–H groups in total. The van der Waals surface area contributed by atoms with Gasteiger partial charge in [0.15, 0.2) is 16.3 Å². The molecule has 0 radical (unpaired) electrons. The molecule has 2 heterocycles. The first-order valence-electron chi connectivity index (χ1n) is 11.2. The summed E-state index contributed by atoms with van der Waals surface area (Å²) >= 11 is 3.26. The van der Waals surface area contributed by atoms with Gasteiger partial charge in [0.1, 0.15) is 0 Å². The average Bonchev–Trinajstić information content (AvgIpc) is 3.14. The van der Waals surface area contributed by atoms with Crippen LogP contribution >= 0.6 is 33.9 Å². The molecule has 8 nitrogen and oxygen atoms in total. The van der Waals surface area contributed by atoms with Crippen LogP contribution in [-0.2, 0) is 9.53 Å². The first-order chi connectivity index (χ1) is 17.2. The Morgan fingerprint density at radius 1 is 1.28 bits per heavy atom. The predicted molar refractivity (Wildman–Crippen MR) is 149 cm³/mol. The zero-order valence-corrected chi connectivity index (χ0v) is 23.5. The van der Waals surface area contributed by atoms with E-state index in [1.807, 2.05) is 65.9 Å². The molecule has 0 saturated carbocycles. The molecule has 0 spiro atoms. The van der Waals surface area contributed by atoms with E-state index in [1.54, 1.807) is 36.6 Å². The maximum atomic E-state index is 13.7. The Morgan fingerprint density at radius 3 is 2.58 bits per heavy atom. The molecule has 2 aromatic carbocycles. The third-order valence-corrected chi connectivity index (χ3v) is 7.62. The maximum absolute atomic E-state index is 13.7. The minimum atomic E-state index is -0.673. The molecule has 0 saturated heterocycles. The molecule has 0 unspecified atom stereocenters. The van der Waals surface area contributed by atoms with Crippen molar-refractivity contribution in [1.82, 2.24) is 4.57 Å². The normalized spacial score (nSPS) is 15.4. The summed E-state index contributed by atoms with van der Waals surface area (Å²) in [6.45, 7) is 3.72. The fraction of sp³-hybridized carbons (Fsp3) is 0.269. The molecule has 0 fully saturated rings. The summed E-state index contributed by atoms with van der Waals surface area (Å²) in [5.41, 5.74) is 3.08. The van der Waals surface area contributed by atoms with Crippen LogP contribution in [0.25, 0.3) is 6.08 Å². The Kier molecular flexibility index (Phi) is 7.55. The highest BCUT2D eigenvalue weighted by Gasteiger charge is 2.33. The topological polar surface area (TPSA) is 93.4 Å². The van der Waals surface area contributed by atoms with Gasteiger partial charge in [-0.15, -0.1) is 0 Å². The number of nitrogens with zero attached hydrogens (tertiary/aromatic N) is 3. The Morgan fingerprint density at radius 2 is 1.97 bits per heavy atom. The second-order valence-corrected chi connectivity index (χ2v) is 10.5. The van der Waals surface area contributed by atoms with Gasteiger partial charge in [-0.3, -0.25) is 9.36 Å². The second kappa shape index (κ2) is 10.5. The predicted octanol–water partition coefficient (Wildman–Crippen LogP) is 3.18. The number of aromatic nitrogens is 1. The lowest BCUT2D eigenvalue weighted by molar-refractivity contribution is -0.139. The lowest BCUT2D eigenvalue weighted by atomic mass is 9.95. The molecule has 1 aliphatic heterocycles. The standard InChI is InChI=1S/C26H26IN3O5S/c1-6-35-25(33)21-14(2)28-26-30(22(21)16-7-9-17(10-8-16)29(3)4)24(32)20(36-26)13-15-11-18(27)23(31)19(12-15)34-5/h7-13,22,31H,6H2,1-5H3/b20-13-/t22-/m1/s1. The minimum absolute atomic E-state index is 0.0487. The third-order valence-electron chi connectivity index (χ3n) is 5.81. The Balaban J connectivity index is 1.94. The van der Waals surface area contributed by atoms with E-state index in [0.29, 0.717) is 35.5 Å². The fourth-order valence-corrected chi connectivity index (χ4v) is 5.72. The SMILES string of the molecule is CCOC(=O)C1=C(C)N=c2s/c(=C\c3cc(I)c(O)c(OC)c3)c(=O)n2[C@@H]1c1ccc(N(C)C)cc1. The minimum Gasteiger partial charge on any atom is -0.504 e. The van der Waals surface area contributed by atoms with Crippen LogP contribution in [0.5, 0.6) is 11.5 Å². The monoisotopic (exact) mass is 619 g/mol. The third kappa shape index (κ3) is 4.79. The molecule has 4 rings (SSSR count). The number of methoxy groups -OCH3 is 1. The summed E-state index contributed by atoms with van der Waals surface area (Å²) in [5.74, 6) is -0.125. The molecule has 1 aromatic heterocycles. The van der Waals surface area contributed by atoms with Gasteiger partial charge < -0.3 is 19.5 Å². The molecule has 3 aromatic rings. The number of anilines is 1. The maximum Gasteiger partial charge on any atom is 0.338 e. The molecule has 0 amide bonds. The van der Waals surface area contributed by atoms with Crippen molar-refractivity contribution in [3.8, 4) is 11.5 Å². The van der Waals surface area contributed by atoms with Crippen LogP contribution in [0.1, 0.15) is 31.0 Å². The Labute approximate surface area is 226 Å². The highest BCUT2D eigenvalue weighted by Crippen LogP contribution is 2.33. The number of esters is 1. The number of carbonyl (C=O) groups excluding carboxylic acids is 1. The number of aromatic hydroxyl groups is 1. The molecule has 0 aliphatic carbocycles. The molecule has 1 atom stereocenters. The van der Waals surface area contributed by atoms with Crippen molar-refractivity contribution in [3.05, 3.63) is 82.1 Å². The van der Waals surface area contributed by atoms with Crippen LogP contribution in [-0.4, -0.2) is 43.5 Å². The molecule has 1 aliphatic rings. The van der Waals surface area contributed by atoms with E-state index >= 15 is 0 Å². The first kappa shape index (κ1) is 26.0. The van der Waals surface area contributed by atoms with E-state index in [-0.39, 0.29) is 17.9 Å². The van der Waals surface area contributed by atoms with Crippen molar-refractivity contribution in [2.24, 2.45) is 4.99 Å². The van der Waals surface area contributed by atoms with Crippen molar-refractivity contribution in [1.29, 1.82) is 0 Å². The Hall–Kier alpha value is -3.12. The number of rotatable bonds is 6. The van der Waals surface area contributed by atoms with Crippen LogP contribution in [0.4, 0.5) is 5.69 Å². The number of hydrogen-bond acceptors (Lipinski definition) is 8. The fourth-order valence-electron chi connectivity index (χ4n) is 4.05. The quantitative estimate of drug-likeness (QED) is 0.337. The van der Waals surface area contributed by atoms with Gasteiger partial charge in [0.25, 0.3) is 5.56 Å². The van der Waals surface area contributed by atoms with Crippen molar-refractivity contribution < 1.29 is 19.4 Å². The highest BCUT2D eigenvalue weighted by molar-refractivity contribution is 14.1. The number of phenols is 1. The Bertz CT molecular complexity index is 1540. The summed E-state index contributed by atoms with van der Waals surface area (Å²) in [4.78, 5) is 33.8. The number of benzene rings is 2. The van der Waals surface area contributed by atoms with Gasteiger partial charge in [-0.1, -0.05) is 23.5 Å². The van der Waals surface area contributed by atoms with E-state index in [9.17, 15) is 14.7 Å². The van der Waals surface area contributed by atoms with Crippen LogP contribution < -0.4 is 24.5 Å². The van der Waals surface area contributed by atoms with E-state index in [1.165, 1.54) is 18.4 Å². The average molecular weight is 619 g/mol. The summed E-state index contributed by atoms with van der Waals surface area (Å²) in [6.07, 6.45) is 1.74. The number of fused-ring (bicyclic) bond motifs is 1. The second-order valence-electron chi connectivity index (χ2n) is 8.34. The zero-order valence-electron chi connectivity index (χ0n) is 20.5. The number of allylic oxidation sites excluding steroid dienone is 1. The van der Waals surface area contributed by atoms with Crippen LogP contribution in [0.3, 0.4) is 0 Å². The lowest BCUT2D eigenvalue weighted by Crippen LogP contribution is -2.39. The van der Waals surface area contributed by atoms with Crippen molar-refractivity contribution >= 4 is 51.7 Å². The van der Waals surface area contributed by atoms with Gasteiger partial charge in [0, 0.05) is 19.8 Å². The number of carbonyl (C=O) groups is 1. The molecule has 0 bridgehead atoms. The van der Waals surface area contributed by atoms with Crippen LogP contribution in [0, 0.1) is 3.57 Å². The largest absolute Gasteiger partial charge is 0.504 e. The van der Waals surface area contributed by atoms with Crippen LogP contribution in [0.2, 0.25) is 0 Å². The van der Waals surface area contributed by atoms with Gasteiger partial charge in [-0.2, -0.15) is 0 Å². The summed E-state index contributed by atoms with van der Waals surface area (Å²) in [7, 11) is 5.38. The summed E-state index contributed by atoms with van der Waals surface area (Å²) in [6, 6.07) is 10.5. The van der Waals surface area contributed by atoms with Gasteiger partial charge in [-0.05, 0) is 77.9 Å². The smallest absolute Gasteiger partial charge is 0.338 e. The molecule has 10 heteroatoms. The van der Waals surface area contributed by atoms with Gasteiger partial charge in [-0.25, -0.2) is 9.79 Å². The van der Waals surface area contributed by atoms with E-state index < -0.39 is 12.0 Å². The highest BCUT2D eigenvalue weighted by atomic mass is 127. The lowest BCUT2D eigenvalue weighted by Gasteiger charge is -2.25. The van der Waals surface area contributed by atoms with E-state index in [0.717, 1.165) is 11.3 Å². The molecule has 188 valence electrons. The van der Waals surface area contributed by atoms with Gasteiger partial charge >= 0.3 is 5.97 Å². The zero-order chi connectivity index (χ0) is 26.1. The van der Waals surface area contributed by atoms with E-state index in [4.69, 9.17) is 9.47 Å². The number of ether oxygens (including phenoxy) is 2. The molecular weight excluding hydrogens is 593 g/mol. The van der Waals surface area contributed by atoms with Crippen molar-refractivity contribution in [2.45, 2.75) is 19.9 Å². The number of hydrogen-bond donors (Lipinski definition) is 1. The first-order valence-corrected chi connectivity index (χ1v) is 13.1. The van der Waals surface area contributed by atoms with Gasteiger partial charge in [0.05, 0.1) is 39.1 Å². The van der Waals surface area contributed by atoms with E-state index in [2.05, 4.69) is 4.99 Å². The molecule has 36 heavy (non-hydrogen) atoms. The van der Waals surface area contributed by atoms with Gasteiger partial charge in [0.2, 0.25) is 0 Å².